The zero-order chi connectivity index (χ0) is 17.9. The minimum Gasteiger partial charge on any atom is -0.481 e. The van der Waals surface area contributed by atoms with Crippen LogP contribution < -0.4 is 10.1 Å². The molecule has 0 aliphatic rings. The van der Waals surface area contributed by atoms with E-state index in [0.29, 0.717) is 11.6 Å². The Morgan fingerprint density at radius 1 is 1.29 bits per heavy atom. The van der Waals surface area contributed by atoms with Gasteiger partial charge >= 0.3 is 6.18 Å². The summed E-state index contributed by atoms with van der Waals surface area (Å²) < 4.78 is 43.3. The van der Waals surface area contributed by atoms with Crippen LogP contribution in [0.4, 0.5) is 24.8 Å². The van der Waals surface area contributed by atoms with Crippen molar-refractivity contribution in [3.05, 3.63) is 51.7 Å². The lowest BCUT2D eigenvalue weighted by atomic mass is 10.1. The van der Waals surface area contributed by atoms with Crippen LogP contribution in [-0.2, 0) is 6.18 Å². The summed E-state index contributed by atoms with van der Waals surface area (Å²) in [6.45, 7) is 1.62. The molecule has 7 nitrogen and oxygen atoms in total. The van der Waals surface area contributed by atoms with E-state index in [2.05, 4.69) is 15.3 Å². The zero-order valence-electron chi connectivity index (χ0n) is 12.7. The highest BCUT2D eigenvalue weighted by Gasteiger charge is 2.34. The first-order chi connectivity index (χ1) is 11.2. The number of methoxy groups -OCH3 is 1. The van der Waals surface area contributed by atoms with Crippen molar-refractivity contribution in [1.82, 2.24) is 9.97 Å². The summed E-state index contributed by atoms with van der Waals surface area (Å²) in [6, 6.07) is 5.86. The van der Waals surface area contributed by atoms with Gasteiger partial charge in [0.15, 0.2) is 5.69 Å². The third kappa shape index (κ3) is 4.09. The van der Waals surface area contributed by atoms with Gasteiger partial charge in [0.05, 0.1) is 18.1 Å². The van der Waals surface area contributed by atoms with E-state index in [1.807, 2.05) is 0 Å². The molecule has 128 valence electrons. The topological polar surface area (TPSA) is 90.2 Å². The van der Waals surface area contributed by atoms with Gasteiger partial charge in [-0.15, -0.1) is 0 Å². The first kappa shape index (κ1) is 17.4. The van der Waals surface area contributed by atoms with E-state index < -0.39 is 22.8 Å². The Bertz CT molecular complexity index is 752. The van der Waals surface area contributed by atoms with Crippen molar-refractivity contribution in [2.24, 2.45) is 0 Å². The van der Waals surface area contributed by atoms with Crippen molar-refractivity contribution < 1.29 is 22.8 Å². The Kier molecular flexibility index (Phi) is 4.86. The van der Waals surface area contributed by atoms with Crippen LogP contribution in [0.2, 0.25) is 0 Å². The van der Waals surface area contributed by atoms with E-state index in [0.717, 1.165) is 0 Å². The Labute approximate surface area is 134 Å². The normalized spacial score (nSPS) is 12.5. The fraction of sp³-hybridized carbons (Fsp3) is 0.286. The highest BCUT2D eigenvalue weighted by molar-refractivity contribution is 5.40. The predicted molar refractivity (Wildman–Crippen MR) is 78.7 cm³/mol. The standard InChI is InChI=1S/C14H13F3N4O3/c1-8(9-4-3-5-10(6-9)21(22)23)18-13-19-11(14(15,16)17)7-12(20-13)24-2/h3-8H,1-2H3,(H,18,19,20). The lowest BCUT2D eigenvalue weighted by Gasteiger charge is -2.16. The number of aromatic nitrogens is 2. The average Bonchev–Trinajstić information content (AvgIpc) is 2.53. The van der Waals surface area contributed by atoms with Gasteiger partial charge in [0.1, 0.15) is 0 Å². The first-order valence-electron chi connectivity index (χ1n) is 6.72. The van der Waals surface area contributed by atoms with Crippen molar-refractivity contribution in [3.63, 3.8) is 0 Å². The summed E-state index contributed by atoms with van der Waals surface area (Å²) in [4.78, 5) is 17.5. The molecule has 2 rings (SSSR count). The van der Waals surface area contributed by atoms with Crippen LogP contribution >= 0.6 is 0 Å². The maximum atomic E-state index is 12.8. The predicted octanol–water partition coefficient (Wildman–Crippen LogP) is 3.59. The second-order valence-corrected chi connectivity index (χ2v) is 4.84. The molecule has 1 unspecified atom stereocenters. The zero-order valence-corrected chi connectivity index (χ0v) is 12.7. The smallest absolute Gasteiger partial charge is 0.433 e. The Balaban J connectivity index is 2.30. The van der Waals surface area contributed by atoms with Crippen LogP contribution in [0.25, 0.3) is 0 Å². The highest BCUT2D eigenvalue weighted by atomic mass is 19.4. The molecule has 0 amide bonds. The number of ether oxygens (including phenoxy) is 1. The summed E-state index contributed by atoms with van der Waals surface area (Å²) in [7, 11) is 1.19. The van der Waals surface area contributed by atoms with Gasteiger partial charge < -0.3 is 10.1 Å². The summed E-state index contributed by atoms with van der Waals surface area (Å²) in [5.74, 6) is -0.535. The number of benzene rings is 1. The molecule has 0 fully saturated rings. The molecule has 0 saturated heterocycles. The Hall–Kier alpha value is -2.91. The lowest BCUT2D eigenvalue weighted by Crippen LogP contribution is -2.14. The summed E-state index contributed by atoms with van der Waals surface area (Å²) in [5.41, 5.74) is -0.768. The molecule has 0 aliphatic carbocycles. The largest absolute Gasteiger partial charge is 0.481 e. The van der Waals surface area contributed by atoms with Crippen LogP contribution in [0.3, 0.4) is 0 Å². The summed E-state index contributed by atoms with van der Waals surface area (Å²) in [6.07, 6.45) is -4.65. The van der Waals surface area contributed by atoms with Crippen LogP contribution in [0.5, 0.6) is 5.88 Å². The minimum absolute atomic E-state index is 0.122. The van der Waals surface area contributed by atoms with E-state index in [-0.39, 0.29) is 17.5 Å². The van der Waals surface area contributed by atoms with Gasteiger partial charge in [-0.2, -0.15) is 18.2 Å². The van der Waals surface area contributed by atoms with Crippen LogP contribution in [0.1, 0.15) is 24.2 Å². The molecule has 1 aromatic carbocycles. The van der Waals surface area contributed by atoms with Gasteiger partial charge in [-0.1, -0.05) is 12.1 Å². The van der Waals surface area contributed by atoms with E-state index in [4.69, 9.17) is 4.74 Å². The molecule has 2 aromatic rings. The summed E-state index contributed by atoms with van der Waals surface area (Å²) >= 11 is 0. The number of rotatable bonds is 5. The molecular weight excluding hydrogens is 329 g/mol. The summed E-state index contributed by atoms with van der Waals surface area (Å²) in [5, 5.41) is 13.5. The van der Waals surface area contributed by atoms with Crippen molar-refractivity contribution in [2.45, 2.75) is 19.1 Å². The van der Waals surface area contributed by atoms with Crippen molar-refractivity contribution >= 4 is 11.6 Å². The second-order valence-electron chi connectivity index (χ2n) is 4.84. The monoisotopic (exact) mass is 342 g/mol. The van der Waals surface area contributed by atoms with Crippen LogP contribution in [0.15, 0.2) is 30.3 Å². The number of hydrogen-bond acceptors (Lipinski definition) is 6. The van der Waals surface area contributed by atoms with Gasteiger partial charge in [-0.25, -0.2) is 4.98 Å². The third-order valence-corrected chi connectivity index (χ3v) is 3.13. The molecule has 1 aromatic heterocycles. The van der Waals surface area contributed by atoms with Gasteiger partial charge in [0, 0.05) is 18.2 Å². The number of hydrogen-bond donors (Lipinski definition) is 1. The van der Waals surface area contributed by atoms with Crippen molar-refractivity contribution in [2.75, 3.05) is 12.4 Å². The molecular formula is C14H13F3N4O3. The molecule has 0 radical (unpaired) electrons. The molecule has 0 spiro atoms. The molecule has 1 N–H and O–H groups in total. The van der Waals surface area contributed by atoms with Gasteiger partial charge in [-0.05, 0) is 12.5 Å². The molecule has 0 bridgehead atoms. The SMILES string of the molecule is COc1cc(C(F)(F)F)nc(NC(C)c2cccc([N+](=O)[O-])c2)n1. The minimum atomic E-state index is -4.65. The number of nitro benzene ring substituents is 1. The highest BCUT2D eigenvalue weighted by Crippen LogP contribution is 2.31. The van der Waals surface area contributed by atoms with E-state index in [1.54, 1.807) is 13.0 Å². The molecule has 0 aliphatic heterocycles. The molecule has 1 heterocycles. The van der Waals surface area contributed by atoms with Crippen LogP contribution in [0, 0.1) is 10.1 Å². The number of nitrogens with one attached hydrogen (secondary N) is 1. The van der Waals surface area contributed by atoms with Crippen molar-refractivity contribution in [1.29, 1.82) is 0 Å². The molecule has 0 saturated carbocycles. The number of nitro groups is 1. The van der Waals surface area contributed by atoms with Gasteiger partial charge in [0.2, 0.25) is 11.8 Å². The quantitative estimate of drug-likeness (QED) is 0.660. The number of nitrogens with zero attached hydrogens (tertiary/aromatic N) is 3. The number of halogens is 3. The number of non-ortho nitro benzene ring substituents is 1. The third-order valence-electron chi connectivity index (χ3n) is 3.13. The van der Waals surface area contributed by atoms with E-state index >= 15 is 0 Å². The fourth-order valence-corrected chi connectivity index (χ4v) is 1.92. The maximum Gasteiger partial charge on any atom is 0.433 e. The Morgan fingerprint density at radius 2 is 2.00 bits per heavy atom. The second kappa shape index (κ2) is 6.69. The molecule has 24 heavy (non-hydrogen) atoms. The lowest BCUT2D eigenvalue weighted by molar-refractivity contribution is -0.384. The number of alkyl halides is 3. The maximum absolute atomic E-state index is 12.8. The Morgan fingerprint density at radius 3 is 2.58 bits per heavy atom. The number of anilines is 1. The van der Waals surface area contributed by atoms with E-state index in [1.165, 1.54) is 25.3 Å². The van der Waals surface area contributed by atoms with Crippen molar-refractivity contribution in [3.8, 4) is 5.88 Å². The van der Waals surface area contributed by atoms with E-state index in [9.17, 15) is 23.3 Å². The van der Waals surface area contributed by atoms with Gasteiger partial charge in [-0.3, -0.25) is 10.1 Å². The van der Waals surface area contributed by atoms with Crippen LogP contribution in [-0.4, -0.2) is 22.0 Å². The first-order valence-corrected chi connectivity index (χ1v) is 6.72. The van der Waals surface area contributed by atoms with Gasteiger partial charge in [0.25, 0.3) is 5.69 Å². The fourth-order valence-electron chi connectivity index (χ4n) is 1.92. The molecule has 1 atom stereocenters. The molecule has 10 heteroatoms. The average molecular weight is 342 g/mol.